The quantitative estimate of drug-likeness (QED) is 0.701. The molecule has 0 fully saturated rings. The van der Waals surface area contributed by atoms with Crippen molar-refractivity contribution in [2.24, 2.45) is 0 Å². The van der Waals surface area contributed by atoms with E-state index in [2.05, 4.69) is 4.98 Å². The van der Waals surface area contributed by atoms with Gasteiger partial charge in [0, 0.05) is 12.6 Å². The maximum absolute atomic E-state index is 12.4. The zero-order chi connectivity index (χ0) is 18.7. The van der Waals surface area contributed by atoms with Gasteiger partial charge in [-0.3, -0.25) is 9.10 Å². The largest absolute Gasteiger partial charge is 0.326 e. The second kappa shape index (κ2) is 7.45. The van der Waals surface area contributed by atoms with Gasteiger partial charge in [0.2, 0.25) is 0 Å². The summed E-state index contributed by atoms with van der Waals surface area (Å²) in [6, 6.07) is 15.6. The van der Waals surface area contributed by atoms with E-state index in [0.717, 1.165) is 15.6 Å². The van der Waals surface area contributed by atoms with E-state index in [4.69, 9.17) is 11.6 Å². The summed E-state index contributed by atoms with van der Waals surface area (Å²) >= 11 is 7.19. The predicted molar refractivity (Wildman–Crippen MR) is 104 cm³/mol. The Morgan fingerprint density at radius 3 is 2.46 bits per heavy atom. The molecule has 0 bridgehead atoms. The number of para-hydroxylation sites is 1. The van der Waals surface area contributed by atoms with Gasteiger partial charge in [-0.05, 0) is 18.2 Å². The number of carbonyl (C=O) groups is 1. The molecular weight excluding hydrogens is 394 g/mol. The van der Waals surface area contributed by atoms with Gasteiger partial charge in [0.15, 0.2) is 0 Å². The van der Waals surface area contributed by atoms with E-state index in [1.807, 2.05) is 10.8 Å². The van der Waals surface area contributed by atoms with Crippen LogP contribution in [0.4, 0.5) is 5.69 Å². The predicted octanol–water partition coefficient (Wildman–Crippen LogP) is 3.57. The molecule has 1 aromatic heterocycles. The Balaban J connectivity index is 1.79. The molecule has 134 valence electrons. The van der Waals surface area contributed by atoms with Gasteiger partial charge in [-0.2, -0.15) is 8.42 Å². The van der Waals surface area contributed by atoms with Crippen molar-refractivity contribution in [3.8, 4) is 10.6 Å². The highest BCUT2D eigenvalue weighted by molar-refractivity contribution is 7.91. The van der Waals surface area contributed by atoms with Gasteiger partial charge < -0.3 is 0 Å². The number of aromatic nitrogens is 1. The van der Waals surface area contributed by atoms with E-state index in [-0.39, 0.29) is 4.88 Å². The lowest BCUT2D eigenvalue weighted by atomic mass is 10.2. The van der Waals surface area contributed by atoms with Crippen molar-refractivity contribution in [3.05, 3.63) is 70.7 Å². The van der Waals surface area contributed by atoms with Crippen molar-refractivity contribution in [1.29, 1.82) is 0 Å². The number of nitrogens with one attached hydrogen (secondary N) is 1. The Kier molecular flexibility index (Phi) is 5.26. The number of nitrogens with zero attached hydrogens (tertiary/aromatic N) is 2. The summed E-state index contributed by atoms with van der Waals surface area (Å²) < 4.78 is 27.9. The summed E-state index contributed by atoms with van der Waals surface area (Å²) in [5.41, 5.74) is 1.12. The Hall–Kier alpha value is -2.42. The SMILES string of the molecule is CN(c1ccccc1)S(=O)(=O)NC(=O)c1cnc(-c2ccccc2Cl)s1. The molecule has 1 heterocycles. The second-order valence-electron chi connectivity index (χ2n) is 5.25. The third-order valence-electron chi connectivity index (χ3n) is 3.54. The highest BCUT2D eigenvalue weighted by Gasteiger charge is 2.23. The number of thiazole rings is 1. The van der Waals surface area contributed by atoms with E-state index in [9.17, 15) is 13.2 Å². The molecule has 0 unspecified atom stereocenters. The molecule has 0 spiro atoms. The van der Waals surface area contributed by atoms with Gasteiger partial charge in [-0.15, -0.1) is 11.3 Å². The molecule has 2 aromatic carbocycles. The van der Waals surface area contributed by atoms with Crippen LogP contribution in [0.25, 0.3) is 10.6 Å². The molecule has 1 N–H and O–H groups in total. The molecule has 3 aromatic rings. The number of benzene rings is 2. The van der Waals surface area contributed by atoms with E-state index in [1.54, 1.807) is 48.5 Å². The molecule has 0 aliphatic carbocycles. The summed E-state index contributed by atoms with van der Waals surface area (Å²) in [5.74, 6) is -0.747. The molecule has 0 saturated carbocycles. The Labute approximate surface area is 160 Å². The van der Waals surface area contributed by atoms with E-state index >= 15 is 0 Å². The molecule has 6 nitrogen and oxygen atoms in total. The standard InChI is InChI=1S/C17H14ClN3O3S2/c1-21(12-7-3-2-4-8-12)26(23,24)20-16(22)15-11-19-17(25-15)13-9-5-6-10-14(13)18/h2-11H,1H3,(H,20,22). The smallest absolute Gasteiger partial charge is 0.267 e. The second-order valence-corrected chi connectivity index (χ2v) is 8.39. The van der Waals surface area contributed by atoms with Gasteiger partial charge in [-0.1, -0.05) is 48.0 Å². The first-order chi connectivity index (χ1) is 12.4. The third kappa shape index (κ3) is 3.87. The highest BCUT2D eigenvalue weighted by atomic mass is 35.5. The minimum atomic E-state index is -4.04. The average Bonchev–Trinajstić information content (AvgIpc) is 3.12. The van der Waals surface area contributed by atoms with Crippen LogP contribution >= 0.6 is 22.9 Å². The topological polar surface area (TPSA) is 79.4 Å². The number of hydrogen-bond donors (Lipinski definition) is 1. The number of anilines is 1. The summed E-state index contributed by atoms with van der Waals surface area (Å²) in [7, 11) is -2.67. The van der Waals surface area contributed by atoms with Crippen LogP contribution in [-0.2, 0) is 10.2 Å². The van der Waals surface area contributed by atoms with E-state index in [1.165, 1.54) is 13.2 Å². The van der Waals surface area contributed by atoms with Crippen molar-refractivity contribution in [1.82, 2.24) is 9.71 Å². The molecular formula is C17H14ClN3O3S2. The van der Waals surface area contributed by atoms with Gasteiger partial charge in [-0.25, -0.2) is 9.71 Å². The molecule has 0 aliphatic heterocycles. The van der Waals surface area contributed by atoms with E-state index in [0.29, 0.717) is 21.3 Å². The number of carbonyl (C=O) groups excluding carboxylic acids is 1. The Morgan fingerprint density at radius 1 is 1.12 bits per heavy atom. The molecule has 3 rings (SSSR count). The lowest BCUT2D eigenvalue weighted by Crippen LogP contribution is -2.41. The summed E-state index contributed by atoms with van der Waals surface area (Å²) in [4.78, 5) is 16.7. The number of rotatable bonds is 5. The summed E-state index contributed by atoms with van der Waals surface area (Å²) in [5, 5.41) is 1.04. The summed E-state index contributed by atoms with van der Waals surface area (Å²) in [6.07, 6.45) is 1.33. The molecule has 1 amide bonds. The van der Waals surface area contributed by atoms with Crippen LogP contribution in [0, 0.1) is 0 Å². The van der Waals surface area contributed by atoms with Crippen LogP contribution in [-0.4, -0.2) is 26.4 Å². The number of halogens is 1. The first-order valence-electron chi connectivity index (χ1n) is 7.45. The first-order valence-corrected chi connectivity index (χ1v) is 10.1. The number of amides is 1. The van der Waals surface area contributed by atoms with Crippen LogP contribution in [0.5, 0.6) is 0 Å². The molecule has 26 heavy (non-hydrogen) atoms. The van der Waals surface area contributed by atoms with Gasteiger partial charge in [0.05, 0.1) is 16.9 Å². The van der Waals surface area contributed by atoms with Crippen molar-refractivity contribution in [2.75, 3.05) is 11.4 Å². The van der Waals surface area contributed by atoms with Gasteiger partial charge >= 0.3 is 10.2 Å². The fourth-order valence-corrected chi connectivity index (χ4v) is 4.23. The number of hydrogen-bond acceptors (Lipinski definition) is 5. The first kappa shape index (κ1) is 18.4. The van der Waals surface area contributed by atoms with Gasteiger partial charge in [0.1, 0.15) is 9.88 Å². The monoisotopic (exact) mass is 407 g/mol. The maximum Gasteiger partial charge on any atom is 0.326 e. The molecule has 0 saturated heterocycles. The van der Waals surface area contributed by atoms with Crippen molar-refractivity contribution in [3.63, 3.8) is 0 Å². The van der Waals surface area contributed by atoms with Crippen LogP contribution in [0.3, 0.4) is 0 Å². The van der Waals surface area contributed by atoms with Crippen molar-refractivity contribution in [2.45, 2.75) is 0 Å². The highest BCUT2D eigenvalue weighted by Crippen LogP contribution is 2.31. The Morgan fingerprint density at radius 2 is 1.77 bits per heavy atom. The van der Waals surface area contributed by atoms with Gasteiger partial charge in [0.25, 0.3) is 5.91 Å². The normalized spacial score (nSPS) is 11.2. The minimum absolute atomic E-state index is 0.171. The zero-order valence-corrected chi connectivity index (χ0v) is 16.0. The fraction of sp³-hybridized carbons (Fsp3) is 0.0588. The molecule has 9 heteroatoms. The Bertz CT molecular complexity index is 1040. The maximum atomic E-state index is 12.4. The minimum Gasteiger partial charge on any atom is -0.267 e. The lowest BCUT2D eigenvalue weighted by molar-refractivity contribution is 0.0985. The summed E-state index contributed by atoms with van der Waals surface area (Å²) in [6.45, 7) is 0. The third-order valence-corrected chi connectivity index (χ3v) is 6.27. The molecule has 0 aliphatic rings. The van der Waals surface area contributed by atoms with Crippen LogP contribution in [0.15, 0.2) is 60.8 Å². The molecule has 0 radical (unpaired) electrons. The molecule has 0 atom stereocenters. The van der Waals surface area contributed by atoms with Crippen molar-refractivity contribution < 1.29 is 13.2 Å². The van der Waals surface area contributed by atoms with Crippen LogP contribution in [0.1, 0.15) is 9.67 Å². The average molecular weight is 408 g/mol. The fourth-order valence-electron chi connectivity index (χ4n) is 2.15. The van der Waals surface area contributed by atoms with Crippen LogP contribution in [0.2, 0.25) is 5.02 Å². The van der Waals surface area contributed by atoms with Crippen molar-refractivity contribution >= 4 is 44.7 Å². The lowest BCUT2D eigenvalue weighted by Gasteiger charge is -2.19. The van der Waals surface area contributed by atoms with E-state index < -0.39 is 16.1 Å². The van der Waals surface area contributed by atoms with Crippen LogP contribution < -0.4 is 9.03 Å². The zero-order valence-electron chi connectivity index (χ0n) is 13.6.